The number of thiocarbonyl (C=S) groups is 1. The molecule has 0 unspecified atom stereocenters. The molecular formula is C20H21F3O2S. The van der Waals surface area contributed by atoms with E-state index in [4.69, 9.17) is 21.7 Å². The third-order valence-corrected chi connectivity index (χ3v) is 4.34. The van der Waals surface area contributed by atoms with E-state index < -0.39 is 11.7 Å². The van der Waals surface area contributed by atoms with Gasteiger partial charge in [-0.05, 0) is 54.9 Å². The van der Waals surface area contributed by atoms with E-state index in [1.165, 1.54) is 12.1 Å². The fourth-order valence-electron chi connectivity index (χ4n) is 2.51. The molecule has 26 heavy (non-hydrogen) atoms. The number of hydrogen-bond acceptors (Lipinski definition) is 3. The Kier molecular flexibility index (Phi) is 6.64. The van der Waals surface area contributed by atoms with Crippen molar-refractivity contribution >= 4 is 17.3 Å². The van der Waals surface area contributed by atoms with Gasteiger partial charge in [-0.25, -0.2) is 0 Å². The summed E-state index contributed by atoms with van der Waals surface area (Å²) < 4.78 is 51.4. The summed E-state index contributed by atoms with van der Waals surface area (Å²) in [6.45, 7) is 5.43. The largest absolute Gasteiger partial charge is 0.488 e. The van der Waals surface area contributed by atoms with Crippen LogP contribution in [0.4, 0.5) is 13.2 Å². The molecule has 0 N–H and O–H groups in total. The fraction of sp³-hybridized carbons (Fsp3) is 0.350. The third-order valence-electron chi connectivity index (χ3n) is 3.97. The number of ether oxygens (including phenoxy) is 2. The van der Waals surface area contributed by atoms with Crippen LogP contribution in [0.2, 0.25) is 0 Å². The zero-order chi connectivity index (χ0) is 19.3. The quantitative estimate of drug-likeness (QED) is 0.549. The lowest BCUT2D eigenvalue weighted by Crippen LogP contribution is -2.14. The van der Waals surface area contributed by atoms with E-state index in [0.29, 0.717) is 12.2 Å². The molecular weight excluding hydrogens is 361 g/mol. The molecule has 0 bridgehead atoms. The highest BCUT2D eigenvalue weighted by molar-refractivity contribution is 7.80. The van der Waals surface area contributed by atoms with Crippen LogP contribution < -0.4 is 9.47 Å². The van der Waals surface area contributed by atoms with Gasteiger partial charge in [0, 0.05) is 12.0 Å². The molecule has 0 heterocycles. The van der Waals surface area contributed by atoms with Gasteiger partial charge in [-0.3, -0.25) is 0 Å². The predicted molar refractivity (Wildman–Crippen MR) is 99.9 cm³/mol. The van der Waals surface area contributed by atoms with Crippen molar-refractivity contribution in [1.29, 1.82) is 0 Å². The van der Waals surface area contributed by atoms with Gasteiger partial charge in [-0.1, -0.05) is 32.0 Å². The summed E-state index contributed by atoms with van der Waals surface area (Å²) >= 11 is 5.02. The highest BCUT2D eigenvalue weighted by Gasteiger charge is 2.35. The normalized spacial score (nSPS) is 11.3. The summed E-state index contributed by atoms with van der Waals surface area (Å²) in [7, 11) is 0. The second-order valence-electron chi connectivity index (χ2n) is 5.85. The second kappa shape index (κ2) is 8.54. The Balaban J connectivity index is 2.35. The standard InChI is InChI=1S/C20H21F3O2S/c1-4-14-9-10-17(13(3)11-14)24-12-15-16(20(21,22)23)7-6-8-18(15)25-19(26)5-2/h6-11H,4-5,12H2,1-3H3. The maximum atomic E-state index is 13.4. The van der Waals surface area contributed by atoms with Gasteiger partial charge < -0.3 is 9.47 Å². The highest BCUT2D eigenvalue weighted by Crippen LogP contribution is 2.37. The van der Waals surface area contributed by atoms with Gasteiger partial charge in [0.15, 0.2) is 5.05 Å². The lowest BCUT2D eigenvalue weighted by atomic mass is 10.1. The molecule has 0 radical (unpaired) electrons. The van der Waals surface area contributed by atoms with E-state index in [1.807, 2.05) is 26.0 Å². The van der Waals surface area contributed by atoms with Crippen LogP contribution >= 0.6 is 12.2 Å². The maximum Gasteiger partial charge on any atom is 0.416 e. The number of benzene rings is 2. The van der Waals surface area contributed by atoms with Crippen molar-refractivity contribution in [3.05, 3.63) is 58.7 Å². The summed E-state index contributed by atoms with van der Waals surface area (Å²) in [6.07, 6.45) is -3.19. The fourth-order valence-corrected chi connectivity index (χ4v) is 2.60. The van der Waals surface area contributed by atoms with Crippen LogP contribution in [0.15, 0.2) is 36.4 Å². The molecule has 0 saturated heterocycles. The molecule has 0 aromatic heterocycles. The zero-order valence-electron chi connectivity index (χ0n) is 14.9. The maximum absolute atomic E-state index is 13.4. The summed E-state index contributed by atoms with van der Waals surface area (Å²) in [6, 6.07) is 9.45. The molecule has 0 fully saturated rings. The minimum Gasteiger partial charge on any atom is -0.488 e. The van der Waals surface area contributed by atoms with Gasteiger partial charge in [0.05, 0.1) is 5.56 Å². The molecule has 140 valence electrons. The molecule has 2 aromatic carbocycles. The molecule has 0 atom stereocenters. The predicted octanol–water partition coefficient (Wildman–Crippen LogP) is 6.27. The van der Waals surface area contributed by atoms with Gasteiger partial charge in [-0.2, -0.15) is 13.2 Å². The molecule has 0 aliphatic carbocycles. The molecule has 0 amide bonds. The van der Waals surface area contributed by atoms with E-state index in [1.54, 1.807) is 13.0 Å². The molecule has 2 rings (SSSR count). The molecule has 0 aliphatic heterocycles. The lowest BCUT2D eigenvalue weighted by Gasteiger charge is -2.18. The first-order chi connectivity index (χ1) is 12.3. The van der Waals surface area contributed by atoms with Crippen LogP contribution in [0.5, 0.6) is 11.5 Å². The first-order valence-electron chi connectivity index (χ1n) is 8.38. The zero-order valence-corrected chi connectivity index (χ0v) is 15.8. The van der Waals surface area contributed by atoms with Gasteiger partial charge in [0.2, 0.25) is 0 Å². The van der Waals surface area contributed by atoms with Gasteiger partial charge >= 0.3 is 6.18 Å². The summed E-state index contributed by atoms with van der Waals surface area (Å²) in [5, 5.41) is 0.231. The molecule has 0 saturated carbocycles. The van der Waals surface area contributed by atoms with Crippen LogP contribution in [0.3, 0.4) is 0 Å². The van der Waals surface area contributed by atoms with Crippen molar-refractivity contribution in [3.8, 4) is 11.5 Å². The van der Waals surface area contributed by atoms with E-state index in [0.717, 1.165) is 23.6 Å². The number of rotatable bonds is 6. The molecule has 2 aromatic rings. The molecule has 0 spiro atoms. The van der Waals surface area contributed by atoms with Gasteiger partial charge in [0.25, 0.3) is 0 Å². The minimum absolute atomic E-state index is 0.0604. The summed E-state index contributed by atoms with van der Waals surface area (Å²) in [5.41, 5.74) is 1.18. The van der Waals surface area contributed by atoms with E-state index in [-0.39, 0.29) is 23.0 Å². The van der Waals surface area contributed by atoms with Gasteiger partial charge in [0.1, 0.15) is 18.1 Å². The van der Waals surface area contributed by atoms with Crippen molar-refractivity contribution in [2.24, 2.45) is 0 Å². The Bertz CT molecular complexity index is 785. The number of aryl methyl sites for hydroxylation is 2. The van der Waals surface area contributed by atoms with E-state index in [9.17, 15) is 13.2 Å². The Morgan fingerprint density at radius 2 is 1.81 bits per heavy atom. The van der Waals surface area contributed by atoms with Crippen LogP contribution in [-0.4, -0.2) is 5.05 Å². The van der Waals surface area contributed by atoms with Crippen molar-refractivity contribution in [1.82, 2.24) is 0 Å². The first kappa shape index (κ1) is 20.2. The number of alkyl halides is 3. The molecule has 6 heteroatoms. The van der Waals surface area contributed by atoms with Crippen molar-refractivity contribution in [3.63, 3.8) is 0 Å². The summed E-state index contributed by atoms with van der Waals surface area (Å²) in [5.74, 6) is 0.623. The van der Waals surface area contributed by atoms with Crippen molar-refractivity contribution < 1.29 is 22.6 Å². The van der Waals surface area contributed by atoms with Crippen molar-refractivity contribution in [2.75, 3.05) is 0 Å². The number of halogens is 3. The van der Waals surface area contributed by atoms with Crippen LogP contribution in [-0.2, 0) is 19.2 Å². The van der Waals surface area contributed by atoms with Crippen LogP contribution in [0.25, 0.3) is 0 Å². The van der Waals surface area contributed by atoms with Crippen LogP contribution in [0.1, 0.15) is 42.5 Å². The Hall–Kier alpha value is -2.08. The minimum atomic E-state index is -4.51. The average Bonchev–Trinajstić information content (AvgIpc) is 2.60. The lowest BCUT2D eigenvalue weighted by molar-refractivity contribution is -0.138. The average molecular weight is 382 g/mol. The van der Waals surface area contributed by atoms with E-state index in [2.05, 4.69) is 0 Å². The van der Waals surface area contributed by atoms with Crippen molar-refractivity contribution in [2.45, 2.75) is 46.4 Å². The first-order valence-corrected chi connectivity index (χ1v) is 8.79. The second-order valence-corrected chi connectivity index (χ2v) is 6.31. The molecule has 0 aliphatic rings. The smallest absolute Gasteiger partial charge is 0.416 e. The Morgan fingerprint density at radius 1 is 1.08 bits per heavy atom. The Labute approximate surface area is 156 Å². The Morgan fingerprint density at radius 3 is 2.38 bits per heavy atom. The SMILES string of the molecule is CCC(=S)Oc1cccc(C(F)(F)F)c1COc1ccc(CC)cc1C. The third kappa shape index (κ3) is 4.97. The van der Waals surface area contributed by atoms with Gasteiger partial charge in [-0.15, -0.1) is 0 Å². The molecule has 2 nitrogen and oxygen atoms in total. The van der Waals surface area contributed by atoms with Crippen LogP contribution in [0, 0.1) is 6.92 Å². The topological polar surface area (TPSA) is 18.5 Å². The number of hydrogen-bond donors (Lipinski definition) is 0. The monoisotopic (exact) mass is 382 g/mol. The van der Waals surface area contributed by atoms with E-state index >= 15 is 0 Å². The highest BCUT2D eigenvalue weighted by atomic mass is 32.1. The summed E-state index contributed by atoms with van der Waals surface area (Å²) in [4.78, 5) is 0.